The lowest BCUT2D eigenvalue weighted by molar-refractivity contribution is 0.178. The summed E-state index contributed by atoms with van der Waals surface area (Å²) in [6, 6.07) is 5.40. The first-order valence-electron chi connectivity index (χ1n) is 7.08. The number of nitrogens with one attached hydrogen (secondary N) is 1. The number of aliphatic hydroxyl groups excluding tert-OH is 1. The second-order valence-electron chi connectivity index (χ2n) is 5.46. The second-order valence-corrected chi connectivity index (χ2v) is 7.35. The van der Waals surface area contributed by atoms with Crippen LogP contribution in [0.5, 0.6) is 0 Å². The van der Waals surface area contributed by atoms with Crippen LogP contribution >= 0.6 is 0 Å². The Morgan fingerprint density at radius 2 is 2.00 bits per heavy atom. The molecule has 3 rings (SSSR count). The first kappa shape index (κ1) is 14.0. The van der Waals surface area contributed by atoms with Gasteiger partial charge in [0.05, 0.1) is 11.5 Å². The van der Waals surface area contributed by atoms with Crippen LogP contribution in [0.4, 0.5) is 0 Å². The van der Waals surface area contributed by atoms with E-state index in [0.717, 1.165) is 37.9 Å². The van der Waals surface area contributed by atoms with Crippen LogP contribution in [0.2, 0.25) is 0 Å². The molecule has 1 saturated carbocycles. The van der Waals surface area contributed by atoms with Crippen molar-refractivity contribution in [3.8, 4) is 0 Å². The number of rotatable bonds is 5. The van der Waals surface area contributed by atoms with Gasteiger partial charge in [0, 0.05) is 25.7 Å². The van der Waals surface area contributed by atoms with Crippen LogP contribution in [0, 0.1) is 0 Å². The van der Waals surface area contributed by atoms with E-state index in [1.54, 1.807) is 12.1 Å². The molecule has 1 heterocycles. The van der Waals surface area contributed by atoms with E-state index in [9.17, 15) is 8.42 Å². The lowest BCUT2D eigenvalue weighted by Gasteiger charge is -2.36. The number of aliphatic hydroxyl groups is 1. The molecule has 110 valence electrons. The Bertz CT molecular complexity index is 596. The van der Waals surface area contributed by atoms with Crippen LogP contribution in [0.25, 0.3) is 0 Å². The average molecular weight is 296 g/mol. The molecule has 6 heteroatoms. The third-order valence-electron chi connectivity index (χ3n) is 4.22. The molecule has 1 aromatic rings. The van der Waals surface area contributed by atoms with E-state index in [1.807, 2.05) is 6.07 Å². The Balaban J connectivity index is 1.93. The van der Waals surface area contributed by atoms with Gasteiger partial charge in [0.15, 0.2) is 0 Å². The maximum absolute atomic E-state index is 12.8. The third kappa shape index (κ3) is 2.37. The van der Waals surface area contributed by atoms with Crippen LogP contribution in [0.1, 0.15) is 30.4 Å². The predicted octanol–water partition coefficient (Wildman–Crippen LogP) is 0.825. The molecule has 2 aliphatic rings. The highest BCUT2D eigenvalue weighted by Gasteiger charge is 2.34. The van der Waals surface area contributed by atoms with Crippen molar-refractivity contribution in [2.24, 2.45) is 0 Å². The molecule has 2 N–H and O–H groups in total. The molecule has 0 radical (unpaired) electrons. The fourth-order valence-electron chi connectivity index (χ4n) is 2.84. The standard InChI is InChI=1S/C14H20N2O3S/c17-7-6-16(13-2-1-3-13)20(18,19)14-5-4-11-9-15-10-12(11)8-14/h4-5,8,13,15,17H,1-3,6-7,9-10H2. The van der Waals surface area contributed by atoms with E-state index in [4.69, 9.17) is 5.11 Å². The zero-order chi connectivity index (χ0) is 14.2. The molecular weight excluding hydrogens is 276 g/mol. The first-order chi connectivity index (χ1) is 9.63. The average Bonchev–Trinajstić information content (AvgIpc) is 2.83. The lowest BCUT2D eigenvalue weighted by Crippen LogP contribution is -2.45. The second kappa shape index (κ2) is 5.44. The molecule has 1 aliphatic heterocycles. The Morgan fingerprint density at radius 1 is 1.25 bits per heavy atom. The number of hydrogen-bond acceptors (Lipinski definition) is 4. The lowest BCUT2D eigenvalue weighted by atomic mass is 9.93. The zero-order valence-corrected chi connectivity index (χ0v) is 12.2. The molecule has 5 nitrogen and oxygen atoms in total. The van der Waals surface area contributed by atoms with Crippen molar-refractivity contribution in [3.05, 3.63) is 29.3 Å². The molecule has 0 unspecified atom stereocenters. The molecular formula is C14H20N2O3S. The van der Waals surface area contributed by atoms with Crippen molar-refractivity contribution >= 4 is 10.0 Å². The van der Waals surface area contributed by atoms with Crippen molar-refractivity contribution in [2.75, 3.05) is 13.2 Å². The summed E-state index contributed by atoms with van der Waals surface area (Å²) in [6.07, 6.45) is 2.85. The van der Waals surface area contributed by atoms with Gasteiger partial charge >= 0.3 is 0 Å². The van der Waals surface area contributed by atoms with Gasteiger partial charge in [-0.2, -0.15) is 4.31 Å². The van der Waals surface area contributed by atoms with E-state index in [1.165, 1.54) is 9.87 Å². The van der Waals surface area contributed by atoms with Gasteiger partial charge in [-0.1, -0.05) is 12.5 Å². The number of hydrogen-bond donors (Lipinski definition) is 2. The quantitative estimate of drug-likeness (QED) is 0.844. The summed E-state index contributed by atoms with van der Waals surface area (Å²) in [6.45, 7) is 1.57. The normalized spacial score (nSPS) is 19.1. The van der Waals surface area contributed by atoms with Gasteiger partial charge in [0.2, 0.25) is 10.0 Å². The number of fused-ring (bicyclic) bond motifs is 1. The summed E-state index contributed by atoms with van der Waals surface area (Å²) in [7, 11) is -3.50. The highest BCUT2D eigenvalue weighted by Crippen LogP contribution is 2.30. The number of nitrogens with zero attached hydrogens (tertiary/aromatic N) is 1. The van der Waals surface area contributed by atoms with Gasteiger partial charge < -0.3 is 10.4 Å². The molecule has 0 atom stereocenters. The van der Waals surface area contributed by atoms with Crippen molar-refractivity contribution in [1.29, 1.82) is 0 Å². The fraction of sp³-hybridized carbons (Fsp3) is 0.571. The van der Waals surface area contributed by atoms with Crippen molar-refractivity contribution < 1.29 is 13.5 Å². The van der Waals surface area contributed by atoms with Crippen LogP contribution in [0.15, 0.2) is 23.1 Å². The Hall–Kier alpha value is -0.950. The minimum absolute atomic E-state index is 0.0542. The summed E-state index contributed by atoms with van der Waals surface area (Å²) < 4.78 is 27.0. The predicted molar refractivity (Wildman–Crippen MR) is 75.6 cm³/mol. The number of sulfonamides is 1. The Kier molecular flexibility index (Phi) is 3.81. The van der Waals surface area contributed by atoms with Gasteiger partial charge in [0.1, 0.15) is 0 Å². The molecule has 1 fully saturated rings. The van der Waals surface area contributed by atoms with E-state index < -0.39 is 10.0 Å². The minimum Gasteiger partial charge on any atom is -0.395 e. The topological polar surface area (TPSA) is 69.6 Å². The zero-order valence-electron chi connectivity index (χ0n) is 11.4. The molecule has 1 aliphatic carbocycles. The minimum atomic E-state index is -3.50. The Labute approximate surface area is 119 Å². The molecule has 1 aromatic carbocycles. The van der Waals surface area contributed by atoms with Gasteiger partial charge in [0.25, 0.3) is 0 Å². The SMILES string of the molecule is O=S(=O)(c1ccc2c(c1)CNC2)N(CCO)C1CCC1. The van der Waals surface area contributed by atoms with E-state index in [2.05, 4.69) is 5.32 Å². The summed E-state index contributed by atoms with van der Waals surface area (Å²) in [5.41, 5.74) is 2.23. The summed E-state index contributed by atoms with van der Waals surface area (Å²) in [5.74, 6) is 0. The highest BCUT2D eigenvalue weighted by atomic mass is 32.2. The summed E-state index contributed by atoms with van der Waals surface area (Å²) >= 11 is 0. The largest absolute Gasteiger partial charge is 0.395 e. The molecule has 0 amide bonds. The van der Waals surface area contributed by atoms with E-state index in [-0.39, 0.29) is 19.2 Å². The van der Waals surface area contributed by atoms with Gasteiger partial charge in [-0.25, -0.2) is 8.42 Å². The van der Waals surface area contributed by atoms with Crippen LogP contribution in [-0.4, -0.2) is 37.0 Å². The molecule has 20 heavy (non-hydrogen) atoms. The fourth-order valence-corrected chi connectivity index (χ4v) is 4.57. The summed E-state index contributed by atoms with van der Waals surface area (Å²) in [5, 5.41) is 12.4. The van der Waals surface area contributed by atoms with Crippen LogP contribution < -0.4 is 5.32 Å². The van der Waals surface area contributed by atoms with Gasteiger partial charge in [-0.05, 0) is 36.1 Å². The van der Waals surface area contributed by atoms with Crippen molar-refractivity contribution in [3.63, 3.8) is 0 Å². The monoisotopic (exact) mass is 296 g/mol. The van der Waals surface area contributed by atoms with Crippen LogP contribution in [-0.2, 0) is 23.1 Å². The van der Waals surface area contributed by atoms with Crippen LogP contribution in [0.3, 0.4) is 0 Å². The smallest absolute Gasteiger partial charge is 0.243 e. The van der Waals surface area contributed by atoms with Crippen molar-refractivity contribution in [2.45, 2.75) is 43.3 Å². The van der Waals surface area contributed by atoms with Gasteiger partial charge in [-0.15, -0.1) is 0 Å². The molecule has 0 saturated heterocycles. The summed E-state index contributed by atoms with van der Waals surface area (Å²) in [4.78, 5) is 0.347. The molecule has 0 spiro atoms. The molecule has 0 bridgehead atoms. The Morgan fingerprint density at radius 3 is 2.65 bits per heavy atom. The maximum Gasteiger partial charge on any atom is 0.243 e. The van der Waals surface area contributed by atoms with Crippen molar-refractivity contribution in [1.82, 2.24) is 9.62 Å². The van der Waals surface area contributed by atoms with Gasteiger partial charge in [-0.3, -0.25) is 0 Å². The number of benzene rings is 1. The third-order valence-corrected chi connectivity index (χ3v) is 6.17. The highest BCUT2D eigenvalue weighted by molar-refractivity contribution is 7.89. The molecule has 0 aromatic heterocycles. The first-order valence-corrected chi connectivity index (χ1v) is 8.52. The maximum atomic E-state index is 12.8. The van der Waals surface area contributed by atoms with E-state index >= 15 is 0 Å². The van der Waals surface area contributed by atoms with E-state index in [0.29, 0.717) is 4.90 Å².